The number of imidazole rings is 1. The van der Waals surface area contributed by atoms with Gasteiger partial charge in [0.05, 0.1) is 12.4 Å². The van der Waals surface area contributed by atoms with Crippen LogP contribution in [0.5, 0.6) is 0 Å². The number of hydrogen-bond acceptors (Lipinski definition) is 3. The van der Waals surface area contributed by atoms with Crippen molar-refractivity contribution >= 4 is 9.84 Å². The monoisotopic (exact) mass is 217 g/mol. The Labute approximate surface area is 83.1 Å². The number of nitrogens with zero attached hydrogens (tertiary/aromatic N) is 1. The molecule has 1 rings (SSSR count). The van der Waals surface area contributed by atoms with Crippen molar-refractivity contribution in [3.05, 3.63) is 12.4 Å². The Morgan fingerprint density at radius 2 is 2.07 bits per heavy atom. The lowest BCUT2D eigenvalue weighted by atomic mass is 10.3. The fraction of sp³-hybridized carbons (Fsp3) is 0.625. The summed E-state index contributed by atoms with van der Waals surface area (Å²) in [5.74, 6) is 0.0561. The van der Waals surface area contributed by atoms with Gasteiger partial charge in [-0.1, -0.05) is 6.42 Å². The van der Waals surface area contributed by atoms with Crippen LogP contribution < -0.4 is 0 Å². The van der Waals surface area contributed by atoms with Crippen LogP contribution in [0.25, 0.3) is 0 Å². The van der Waals surface area contributed by atoms with Gasteiger partial charge in [-0.25, -0.2) is 18.5 Å². The summed E-state index contributed by atoms with van der Waals surface area (Å²) in [7, 11) is -3.27. The van der Waals surface area contributed by atoms with Gasteiger partial charge in [0.2, 0.25) is 15.0 Å². The first-order chi connectivity index (χ1) is 6.67. The van der Waals surface area contributed by atoms with Crippen LogP contribution in [0.4, 0.5) is 0 Å². The van der Waals surface area contributed by atoms with Crippen LogP contribution in [0.1, 0.15) is 19.3 Å². The van der Waals surface area contributed by atoms with Crippen molar-refractivity contribution in [2.24, 2.45) is 0 Å². The number of rotatable bonds is 6. The molecular weight excluding hydrogens is 204 g/mol. The third-order valence-electron chi connectivity index (χ3n) is 1.83. The third-order valence-corrected chi connectivity index (χ3v) is 3.46. The number of aromatic nitrogens is 2. The lowest BCUT2D eigenvalue weighted by molar-refractivity contribution is 0.186. The molecule has 1 aromatic heterocycles. The predicted molar refractivity (Wildman–Crippen MR) is 50.0 cm³/mol. The van der Waals surface area contributed by atoms with Gasteiger partial charge in [-0.2, -0.15) is 0 Å². The first kappa shape index (κ1) is 11.2. The molecule has 0 fully saturated rings. The van der Waals surface area contributed by atoms with Crippen molar-refractivity contribution < 1.29 is 13.5 Å². The molecule has 0 aromatic carbocycles. The topological polar surface area (TPSA) is 82.7 Å². The van der Waals surface area contributed by atoms with E-state index in [1.54, 1.807) is 0 Å². The van der Waals surface area contributed by atoms with Gasteiger partial charge in [-0.3, -0.25) is 0 Å². The van der Waals surface area contributed by atoms with Gasteiger partial charge in [0.15, 0.2) is 0 Å². The van der Waals surface area contributed by atoms with E-state index >= 15 is 0 Å². The molecule has 0 aliphatic heterocycles. The fourth-order valence-corrected chi connectivity index (χ4v) is 2.34. The summed E-state index contributed by atoms with van der Waals surface area (Å²) >= 11 is 0. The molecule has 6 heteroatoms. The zero-order valence-electron chi connectivity index (χ0n) is 7.77. The van der Waals surface area contributed by atoms with Gasteiger partial charge >= 0.3 is 0 Å². The molecule has 0 atom stereocenters. The Morgan fingerprint density at radius 1 is 1.29 bits per heavy atom. The number of nitrogens with one attached hydrogen (secondary N) is 1. The first-order valence-electron chi connectivity index (χ1n) is 4.47. The standard InChI is InChI=1S/C8H13N2O3S/c11-6-2-1-3-7-14(12,13)8-9-4-5-10-8/h4-5H,1-3,6-7H2,(H,9,10). The van der Waals surface area contributed by atoms with Crippen LogP contribution >= 0.6 is 0 Å². The van der Waals surface area contributed by atoms with E-state index in [-0.39, 0.29) is 17.5 Å². The molecule has 1 N–H and O–H groups in total. The first-order valence-corrected chi connectivity index (χ1v) is 6.12. The normalized spacial score (nSPS) is 11.8. The Bertz CT molecular complexity index is 345. The zero-order valence-corrected chi connectivity index (χ0v) is 8.59. The molecular formula is C8H13N2O3S. The minimum absolute atomic E-state index is 0.0135. The third kappa shape index (κ3) is 3.12. The van der Waals surface area contributed by atoms with E-state index in [2.05, 4.69) is 9.97 Å². The number of H-pyrrole nitrogens is 1. The van der Waals surface area contributed by atoms with Crippen molar-refractivity contribution in [3.63, 3.8) is 0 Å². The van der Waals surface area contributed by atoms with Crippen LogP contribution in [0, 0.1) is 0 Å². The van der Waals surface area contributed by atoms with E-state index in [4.69, 9.17) is 0 Å². The smallest absolute Gasteiger partial charge is 0.224 e. The van der Waals surface area contributed by atoms with Crippen molar-refractivity contribution in [1.82, 2.24) is 9.97 Å². The average Bonchev–Trinajstić information content (AvgIpc) is 2.65. The summed E-state index contributed by atoms with van der Waals surface area (Å²) in [5.41, 5.74) is 0. The quantitative estimate of drug-likeness (QED) is 0.715. The number of hydrogen-bond donors (Lipinski definition) is 1. The molecule has 0 saturated carbocycles. The molecule has 0 bridgehead atoms. The van der Waals surface area contributed by atoms with E-state index in [1.165, 1.54) is 12.4 Å². The van der Waals surface area contributed by atoms with Crippen molar-refractivity contribution in [2.45, 2.75) is 24.4 Å². The van der Waals surface area contributed by atoms with E-state index in [0.717, 1.165) is 0 Å². The van der Waals surface area contributed by atoms with Crippen LogP contribution in [-0.4, -0.2) is 30.7 Å². The van der Waals surface area contributed by atoms with E-state index in [9.17, 15) is 13.5 Å². The largest absolute Gasteiger partial charge is 0.336 e. The van der Waals surface area contributed by atoms with Crippen molar-refractivity contribution in [2.75, 3.05) is 12.4 Å². The second kappa shape index (κ2) is 5.11. The SMILES string of the molecule is [O]CCCCCS(=O)(=O)c1ncc[nH]1. The summed E-state index contributed by atoms with van der Waals surface area (Å²) in [4.78, 5) is 6.24. The average molecular weight is 217 g/mol. The summed E-state index contributed by atoms with van der Waals surface area (Å²) < 4.78 is 23.0. The molecule has 0 aliphatic rings. The van der Waals surface area contributed by atoms with Gasteiger partial charge in [0.1, 0.15) is 0 Å². The number of unbranched alkanes of at least 4 members (excludes halogenated alkanes) is 2. The van der Waals surface area contributed by atoms with Gasteiger partial charge < -0.3 is 4.98 Å². The summed E-state index contributed by atoms with van der Waals surface area (Å²) in [6.07, 6.45) is 4.59. The van der Waals surface area contributed by atoms with Gasteiger partial charge in [0, 0.05) is 12.4 Å². The minimum atomic E-state index is -3.27. The Kier molecular flexibility index (Phi) is 4.09. The van der Waals surface area contributed by atoms with Crippen LogP contribution in [-0.2, 0) is 14.9 Å². The lowest BCUT2D eigenvalue weighted by Gasteiger charge is -1.99. The predicted octanol–water partition coefficient (Wildman–Crippen LogP) is 0.784. The molecule has 0 aliphatic carbocycles. The summed E-state index contributed by atoms with van der Waals surface area (Å²) in [6.45, 7) is -0.138. The maximum atomic E-state index is 11.5. The number of aromatic amines is 1. The van der Waals surface area contributed by atoms with E-state index < -0.39 is 9.84 Å². The van der Waals surface area contributed by atoms with E-state index in [1.807, 2.05) is 0 Å². The molecule has 0 amide bonds. The molecule has 14 heavy (non-hydrogen) atoms. The molecule has 0 saturated heterocycles. The molecule has 1 radical (unpaired) electrons. The second-order valence-corrected chi connectivity index (χ2v) is 5.00. The molecule has 5 nitrogen and oxygen atoms in total. The highest BCUT2D eigenvalue weighted by Crippen LogP contribution is 2.07. The van der Waals surface area contributed by atoms with Gasteiger partial charge in [-0.15, -0.1) is 0 Å². The Balaban J connectivity index is 2.44. The van der Waals surface area contributed by atoms with E-state index in [0.29, 0.717) is 19.3 Å². The highest BCUT2D eigenvalue weighted by molar-refractivity contribution is 7.91. The highest BCUT2D eigenvalue weighted by atomic mass is 32.2. The molecule has 0 spiro atoms. The van der Waals surface area contributed by atoms with Crippen LogP contribution in [0.2, 0.25) is 0 Å². The van der Waals surface area contributed by atoms with Gasteiger partial charge in [0.25, 0.3) is 0 Å². The summed E-state index contributed by atoms with van der Waals surface area (Å²) in [6, 6.07) is 0. The maximum absolute atomic E-state index is 11.5. The highest BCUT2D eigenvalue weighted by Gasteiger charge is 2.15. The molecule has 0 unspecified atom stereocenters. The molecule has 1 heterocycles. The van der Waals surface area contributed by atoms with Gasteiger partial charge in [-0.05, 0) is 12.8 Å². The molecule has 1 aromatic rings. The van der Waals surface area contributed by atoms with Crippen LogP contribution in [0.15, 0.2) is 17.6 Å². The van der Waals surface area contributed by atoms with Crippen molar-refractivity contribution in [3.8, 4) is 0 Å². The maximum Gasteiger partial charge on any atom is 0.224 e. The van der Waals surface area contributed by atoms with Crippen molar-refractivity contribution in [1.29, 1.82) is 0 Å². The van der Waals surface area contributed by atoms with Crippen LogP contribution in [0.3, 0.4) is 0 Å². The Morgan fingerprint density at radius 3 is 2.64 bits per heavy atom. The molecule has 79 valence electrons. The fourth-order valence-electron chi connectivity index (χ4n) is 1.09. The summed E-state index contributed by atoms with van der Waals surface area (Å²) in [5, 5.41) is 10.1. The lowest BCUT2D eigenvalue weighted by Crippen LogP contribution is -2.08. The Hall–Kier alpha value is -0.880. The zero-order chi connectivity index (χ0) is 10.4. The number of sulfone groups is 1. The minimum Gasteiger partial charge on any atom is -0.336 e. The second-order valence-electron chi connectivity index (χ2n) is 2.98.